The van der Waals surface area contributed by atoms with E-state index in [2.05, 4.69) is 32.3 Å². The Morgan fingerprint density at radius 1 is 1.64 bits per heavy atom. The van der Waals surface area contributed by atoms with Gasteiger partial charge >= 0.3 is 0 Å². The lowest BCUT2D eigenvalue weighted by atomic mass is 10.5. The Balaban J connectivity index is 3.18. The highest BCUT2D eigenvalue weighted by atomic mass is 35.5. The fraction of sp³-hybridized carbons (Fsp3) is 0.167. The van der Waals surface area contributed by atoms with E-state index in [4.69, 9.17) is 11.6 Å². The average molecular weight is 186 g/mol. The van der Waals surface area contributed by atoms with Gasteiger partial charge in [0.1, 0.15) is 5.15 Å². The van der Waals surface area contributed by atoms with Gasteiger partial charge in [0.05, 0.1) is 5.16 Å². The first-order valence-corrected chi connectivity index (χ1v) is 3.60. The maximum Gasteiger partial charge on any atom is 0.260 e. The molecule has 3 nitrogen and oxygen atoms in total. The van der Waals surface area contributed by atoms with Gasteiger partial charge in [-0.1, -0.05) is 11.6 Å². The number of halogens is 1. The molecular formula is C6H4ClN3S. The number of hydrogen-bond acceptors (Lipinski definition) is 4. The molecule has 1 aromatic heterocycles. The van der Waals surface area contributed by atoms with E-state index in [1.165, 1.54) is 0 Å². The van der Waals surface area contributed by atoms with Crippen LogP contribution < -0.4 is 0 Å². The van der Waals surface area contributed by atoms with E-state index in [1.54, 1.807) is 13.0 Å². The molecule has 0 spiro atoms. The van der Waals surface area contributed by atoms with Crippen molar-refractivity contribution >= 4 is 34.9 Å². The largest absolute Gasteiger partial charge is 0.260 e. The molecule has 0 aliphatic heterocycles. The minimum Gasteiger partial charge on any atom is -0.216 e. The summed E-state index contributed by atoms with van der Waals surface area (Å²) in [6, 6.07) is 1.64. The molecule has 1 heterocycles. The maximum atomic E-state index is 5.61. The second-order valence-corrected chi connectivity index (χ2v) is 2.40. The molecule has 0 radical (unpaired) electrons. The van der Waals surface area contributed by atoms with E-state index >= 15 is 0 Å². The third kappa shape index (κ3) is 2.35. The van der Waals surface area contributed by atoms with Crippen molar-refractivity contribution in [2.45, 2.75) is 6.92 Å². The van der Waals surface area contributed by atoms with Crippen LogP contribution in [-0.4, -0.2) is 15.1 Å². The first kappa shape index (κ1) is 8.27. The molecule has 0 aliphatic rings. The summed E-state index contributed by atoms with van der Waals surface area (Å²) in [5, 5.41) is 2.53. The molecule has 5 heteroatoms. The van der Waals surface area contributed by atoms with Crippen LogP contribution >= 0.6 is 23.8 Å². The summed E-state index contributed by atoms with van der Waals surface area (Å²) in [4.78, 5) is 11.3. The molecule has 0 aromatic carbocycles. The monoisotopic (exact) mass is 185 g/mol. The molecule has 0 amide bonds. The summed E-state index contributed by atoms with van der Waals surface area (Å²) in [5.74, 6) is 0.255. The summed E-state index contributed by atoms with van der Waals surface area (Å²) in [7, 11) is 0. The normalized spacial score (nSPS) is 8.91. The summed E-state index contributed by atoms with van der Waals surface area (Å²) < 4.78 is 0. The second-order valence-electron chi connectivity index (χ2n) is 1.84. The third-order valence-electron chi connectivity index (χ3n) is 0.957. The Morgan fingerprint density at radius 3 is 2.91 bits per heavy atom. The summed E-state index contributed by atoms with van der Waals surface area (Å²) >= 11 is 9.99. The molecule has 0 N–H and O–H groups in total. The van der Waals surface area contributed by atoms with E-state index in [9.17, 15) is 0 Å². The molecular weight excluding hydrogens is 182 g/mol. The number of thiocarbonyl (C=S) groups is 1. The number of nitrogens with zero attached hydrogens (tertiary/aromatic N) is 3. The number of hydrogen-bond donors (Lipinski definition) is 0. The average Bonchev–Trinajstić information content (AvgIpc) is 1.85. The lowest BCUT2D eigenvalue weighted by Gasteiger charge is -1.93. The lowest BCUT2D eigenvalue weighted by molar-refractivity contribution is 1.09. The van der Waals surface area contributed by atoms with E-state index in [1.807, 2.05) is 0 Å². The van der Waals surface area contributed by atoms with E-state index in [0.29, 0.717) is 5.15 Å². The van der Waals surface area contributed by atoms with E-state index < -0.39 is 0 Å². The molecule has 0 fully saturated rings. The van der Waals surface area contributed by atoms with Crippen LogP contribution in [0, 0.1) is 6.92 Å². The first-order chi connectivity index (χ1) is 5.22. The van der Waals surface area contributed by atoms with Crippen molar-refractivity contribution < 1.29 is 0 Å². The van der Waals surface area contributed by atoms with E-state index in [-0.39, 0.29) is 5.95 Å². The Morgan fingerprint density at radius 2 is 2.36 bits per heavy atom. The van der Waals surface area contributed by atoms with Crippen LogP contribution in [0.2, 0.25) is 5.15 Å². The van der Waals surface area contributed by atoms with Gasteiger partial charge in [0, 0.05) is 5.69 Å². The van der Waals surface area contributed by atoms with Crippen molar-refractivity contribution in [3.8, 4) is 0 Å². The number of aromatic nitrogens is 2. The molecule has 0 aliphatic carbocycles. The molecule has 56 valence electrons. The number of rotatable bonds is 1. The van der Waals surface area contributed by atoms with E-state index in [0.717, 1.165) is 5.69 Å². The van der Waals surface area contributed by atoms with Gasteiger partial charge < -0.3 is 0 Å². The van der Waals surface area contributed by atoms with Crippen molar-refractivity contribution in [2.24, 2.45) is 4.99 Å². The topological polar surface area (TPSA) is 38.1 Å². The Bertz CT molecular complexity index is 299. The van der Waals surface area contributed by atoms with Gasteiger partial charge in [-0.15, -0.1) is 0 Å². The summed E-state index contributed by atoms with van der Waals surface area (Å²) in [6.07, 6.45) is 0. The predicted octanol–water partition coefficient (Wildman–Crippen LogP) is 2.17. The van der Waals surface area contributed by atoms with Crippen molar-refractivity contribution in [2.75, 3.05) is 0 Å². The third-order valence-corrected chi connectivity index (χ3v) is 1.24. The molecule has 11 heavy (non-hydrogen) atoms. The fourth-order valence-electron chi connectivity index (χ4n) is 0.606. The highest BCUT2D eigenvalue weighted by Crippen LogP contribution is 2.10. The van der Waals surface area contributed by atoms with Crippen LogP contribution in [0.3, 0.4) is 0 Å². The fourth-order valence-corrected chi connectivity index (χ4v) is 0.921. The van der Waals surface area contributed by atoms with Gasteiger partial charge in [-0.2, -0.15) is 9.98 Å². The van der Waals surface area contributed by atoms with Gasteiger partial charge in [-0.05, 0) is 25.2 Å². The zero-order chi connectivity index (χ0) is 8.27. The van der Waals surface area contributed by atoms with Crippen LogP contribution in [-0.2, 0) is 0 Å². The van der Waals surface area contributed by atoms with Crippen molar-refractivity contribution in [3.05, 3.63) is 16.9 Å². The highest BCUT2D eigenvalue weighted by molar-refractivity contribution is 7.78. The lowest BCUT2D eigenvalue weighted by Crippen LogP contribution is -1.84. The van der Waals surface area contributed by atoms with Crippen LogP contribution in [0.25, 0.3) is 0 Å². The van der Waals surface area contributed by atoms with Gasteiger partial charge in [-0.3, -0.25) is 0 Å². The summed E-state index contributed by atoms with van der Waals surface area (Å²) in [5.41, 5.74) is 0.758. The summed E-state index contributed by atoms with van der Waals surface area (Å²) in [6.45, 7) is 1.80. The zero-order valence-electron chi connectivity index (χ0n) is 5.71. The van der Waals surface area contributed by atoms with Gasteiger partial charge in [-0.25, -0.2) is 4.98 Å². The first-order valence-electron chi connectivity index (χ1n) is 2.81. The van der Waals surface area contributed by atoms with Crippen molar-refractivity contribution in [1.82, 2.24) is 9.97 Å². The van der Waals surface area contributed by atoms with Gasteiger partial charge in [0.2, 0.25) is 0 Å². The minimum atomic E-state index is 0.255. The van der Waals surface area contributed by atoms with Gasteiger partial charge in [0.15, 0.2) is 0 Å². The molecule has 0 bridgehead atoms. The van der Waals surface area contributed by atoms with Crippen LogP contribution in [0.5, 0.6) is 0 Å². The molecule has 0 saturated heterocycles. The van der Waals surface area contributed by atoms with Gasteiger partial charge in [0.25, 0.3) is 5.95 Å². The quantitative estimate of drug-likeness (QED) is 0.382. The number of isothiocyanates is 1. The Labute approximate surface area is 74.2 Å². The maximum absolute atomic E-state index is 5.61. The van der Waals surface area contributed by atoms with Crippen LogP contribution in [0.4, 0.5) is 5.95 Å². The Kier molecular flexibility index (Phi) is 2.65. The molecule has 0 unspecified atom stereocenters. The molecule has 0 saturated carbocycles. The molecule has 0 atom stereocenters. The minimum absolute atomic E-state index is 0.255. The zero-order valence-corrected chi connectivity index (χ0v) is 7.28. The second kappa shape index (κ2) is 3.53. The molecule has 1 rings (SSSR count). The van der Waals surface area contributed by atoms with Crippen LogP contribution in [0.1, 0.15) is 5.69 Å². The standard InChI is InChI=1S/C6H4ClN3S/c1-4-2-5(7)10-6(9-4)8-3-11/h2H,1H3. The predicted molar refractivity (Wildman–Crippen MR) is 46.5 cm³/mol. The number of aliphatic imine (C=N–C) groups is 1. The molecule has 1 aromatic rings. The highest BCUT2D eigenvalue weighted by Gasteiger charge is 1.96. The smallest absolute Gasteiger partial charge is 0.216 e. The van der Waals surface area contributed by atoms with Crippen LogP contribution in [0.15, 0.2) is 11.1 Å². The SMILES string of the molecule is Cc1cc(Cl)nc(N=C=S)n1. The number of aryl methyl sites for hydroxylation is 1. The van der Waals surface area contributed by atoms with Crippen molar-refractivity contribution in [1.29, 1.82) is 0 Å². The van der Waals surface area contributed by atoms with Crippen molar-refractivity contribution in [3.63, 3.8) is 0 Å². The Hall–Kier alpha value is -0.830.